The summed E-state index contributed by atoms with van der Waals surface area (Å²) in [6.07, 6.45) is 3.84. The van der Waals surface area contributed by atoms with E-state index in [-0.39, 0.29) is 11.3 Å². The molecule has 0 aromatic carbocycles. The van der Waals surface area contributed by atoms with Crippen molar-refractivity contribution in [2.45, 2.75) is 11.8 Å². The molecule has 0 spiro atoms. The van der Waals surface area contributed by atoms with E-state index >= 15 is 0 Å². The molecule has 1 heterocycles. The molecule has 16 heavy (non-hydrogen) atoms. The average Bonchev–Trinajstić information content (AvgIpc) is 2.30. The van der Waals surface area contributed by atoms with Crippen molar-refractivity contribution in [2.75, 3.05) is 20.3 Å². The lowest BCUT2D eigenvalue weighted by Crippen LogP contribution is -2.27. The van der Waals surface area contributed by atoms with E-state index in [0.717, 1.165) is 0 Å². The molecule has 1 amide bonds. The first kappa shape index (κ1) is 12.9. The molecule has 1 atom stereocenters. The maximum absolute atomic E-state index is 11.6. The van der Waals surface area contributed by atoms with Crippen LogP contribution in [0.3, 0.4) is 0 Å². The summed E-state index contributed by atoms with van der Waals surface area (Å²) in [5, 5.41) is 2.70. The molecule has 0 saturated heterocycles. The molecular formula is C11H15ClN2O2. The van der Waals surface area contributed by atoms with E-state index in [1.54, 1.807) is 25.4 Å². The molecule has 1 unspecified atom stereocenters. The van der Waals surface area contributed by atoms with Crippen LogP contribution in [0.4, 0.5) is 0 Å². The third-order valence-electron chi connectivity index (χ3n) is 2.01. The predicted octanol–water partition coefficient (Wildman–Crippen LogP) is 1.46. The van der Waals surface area contributed by atoms with Gasteiger partial charge in [0.15, 0.2) is 0 Å². The van der Waals surface area contributed by atoms with Gasteiger partial charge in [0.1, 0.15) is 0 Å². The summed E-state index contributed by atoms with van der Waals surface area (Å²) in [6, 6.07) is 3.44. The van der Waals surface area contributed by atoms with Crippen LogP contribution in [0, 0.1) is 0 Å². The van der Waals surface area contributed by atoms with E-state index in [0.29, 0.717) is 25.1 Å². The molecule has 0 saturated carbocycles. The Kier molecular flexibility index (Phi) is 5.82. The fraction of sp³-hybridized carbons (Fsp3) is 0.455. The zero-order chi connectivity index (χ0) is 11.8. The molecule has 4 nitrogen and oxygen atoms in total. The van der Waals surface area contributed by atoms with Crippen LogP contribution in [0.5, 0.6) is 0 Å². The molecule has 0 aliphatic heterocycles. The zero-order valence-electron chi connectivity index (χ0n) is 9.15. The van der Waals surface area contributed by atoms with Crippen molar-refractivity contribution >= 4 is 17.5 Å². The summed E-state index contributed by atoms with van der Waals surface area (Å²) in [5.74, 6) is -0.130. The number of nitrogens with one attached hydrogen (secondary N) is 1. The zero-order valence-corrected chi connectivity index (χ0v) is 9.91. The maximum Gasteiger partial charge on any atom is 0.252 e. The van der Waals surface area contributed by atoms with Gasteiger partial charge in [-0.05, 0) is 18.6 Å². The lowest BCUT2D eigenvalue weighted by Gasteiger charge is -2.08. The molecule has 1 aromatic rings. The fourth-order valence-corrected chi connectivity index (χ4v) is 1.44. The Morgan fingerprint density at radius 1 is 1.69 bits per heavy atom. The molecule has 0 radical (unpaired) electrons. The maximum atomic E-state index is 11.6. The third-order valence-corrected chi connectivity index (χ3v) is 2.36. The minimum atomic E-state index is -0.130. The first-order valence-electron chi connectivity index (χ1n) is 5.05. The molecule has 0 aliphatic carbocycles. The number of alkyl halides is 1. The van der Waals surface area contributed by atoms with Crippen LogP contribution in [0.25, 0.3) is 0 Å². The standard InChI is InChI=1S/C11H15ClN2O2/c1-16-8-10(12)4-6-14-11(15)9-3-2-5-13-7-9/h2-3,5,7,10H,4,6,8H2,1H3,(H,14,15). The monoisotopic (exact) mass is 242 g/mol. The molecule has 0 aliphatic rings. The van der Waals surface area contributed by atoms with Crippen LogP contribution in [0.1, 0.15) is 16.8 Å². The fourth-order valence-electron chi connectivity index (χ4n) is 1.21. The summed E-state index contributed by atoms with van der Waals surface area (Å²) in [4.78, 5) is 15.4. The smallest absolute Gasteiger partial charge is 0.252 e. The quantitative estimate of drug-likeness (QED) is 0.769. The van der Waals surface area contributed by atoms with Crippen LogP contribution in [-0.2, 0) is 4.74 Å². The number of carbonyl (C=O) groups is 1. The molecule has 1 aromatic heterocycles. The van der Waals surface area contributed by atoms with Crippen LogP contribution in [0.15, 0.2) is 24.5 Å². The number of methoxy groups -OCH3 is 1. The molecular weight excluding hydrogens is 228 g/mol. The van der Waals surface area contributed by atoms with Crippen molar-refractivity contribution in [1.29, 1.82) is 0 Å². The second-order valence-electron chi connectivity index (χ2n) is 3.34. The highest BCUT2D eigenvalue weighted by Gasteiger charge is 2.07. The number of ether oxygens (including phenoxy) is 1. The topological polar surface area (TPSA) is 51.2 Å². The molecule has 5 heteroatoms. The van der Waals surface area contributed by atoms with E-state index in [1.165, 1.54) is 6.20 Å². The Balaban J connectivity index is 2.26. The normalized spacial score (nSPS) is 12.1. The van der Waals surface area contributed by atoms with Gasteiger partial charge < -0.3 is 10.1 Å². The van der Waals surface area contributed by atoms with Gasteiger partial charge in [0.05, 0.1) is 17.5 Å². The van der Waals surface area contributed by atoms with E-state index in [1.807, 2.05) is 0 Å². The number of pyridine rings is 1. The number of nitrogens with zero attached hydrogens (tertiary/aromatic N) is 1. The van der Waals surface area contributed by atoms with Gasteiger partial charge in [-0.2, -0.15) is 0 Å². The van der Waals surface area contributed by atoms with Gasteiger partial charge >= 0.3 is 0 Å². The minimum Gasteiger partial charge on any atom is -0.383 e. The second kappa shape index (κ2) is 7.19. The number of hydrogen-bond acceptors (Lipinski definition) is 3. The molecule has 0 bridgehead atoms. The summed E-state index contributed by atoms with van der Waals surface area (Å²) in [7, 11) is 1.60. The van der Waals surface area contributed by atoms with Crippen molar-refractivity contribution in [3.8, 4) is 0 Å². The van der Waals surface area contributed by atoms with Gasteiger partial charge in [0, 0.05) is 26.0 Å². The van der Waals surface area contributed by atoms with Crippen molar-refractivity contribution < 1.29 is 9.53 Å². The molecule has 88 valence electrons. The van der Waals surface area contributed by atoms with E-state index in [4.69, 9.17) is 16.3 Å². The van der Waals surface area contributed by atoms with E-state index < -0.39 is 0 Å². The van der Waals surface area contributed by atoms with E-state index in [9.17, 15) is 4.79 Å². The van der Waals surface area contributed by atoms with Crippen molar-refractivity contribution in [1.82, 2.24) is 10.3 Å². The summed E-state index contributed by atoms with van der Waals surface area (Å²) in [5.41, 5.74) is 0.556. The Morgan fingerprint density at radius 2 is 2.50 bits per heavy atom. The summed E-state index contributed by atoms with van der Waals surface area (Å²) >= 11 is 5.92. The summed E-state index contributed by atoms with van der Waals surface area (Å²) < 4.78 is 4.89. The highest BCUT2D eigenvalue weighted by atomic mass is 35.5. The van der Waals surface area contributed by atoms with Gasteiger partial charge in [-0.25, -0.2) is 0 Å². The SMILES string of the molecule is COCC(Cl)CCNC(=O)c1cccnc1. The second-order valence-corrected chi connectivity index (χ2v) is 3.96. The number of rotatable bonds is 6. The Morgan fingerprint density at radius 3 is 3.12 bits per heavy atom. The molecule has 0 fully saturated rings. The van der Waals surface area contributed by atoms with Crippen LogP contribution in [-0.4, -0.2) is 36.5 Å². The van der Waals surface area contributed by atoms with Gasteiger partial charge in [-0.15, -0.1) is 11.6 Å². The van der Waals surface area contributed by atoms with Gasteiger partial charge in [-0.1, -0.05) is 0 Å². The lowest BCUT2D eigenvalue weighted by atomic mass is 10.2. The van der Waals surface area contributed by atoms with Crippen LogP contribution >= 0.6 is 11.6 Å². The number of hydrogen-bond donors (Lipinski definition) is 1. The number of halogens is 1. The number of carbonyl (C=O) groups excluding carboxylic acids is 1. The minimum absolute atomic E-state index is 0.0702. The van der Waals surface area contributed by atoms with Crippen molar-refractivity contribution in [3.05, 3.63) is 30.1 Å². The highest BCUT2D eigenvalue weighted by Crippen LogP contribution is 2.01. The Hall–Kier alpha value is -1.13. The largest absolute Gasteiger partial charge is 0.383 e. The summed E-state index contributed by atoms with van der Waals surface area (Å²) in [6.45, 7) is 1.02. The lowest BCUT2D eigenvalue weighted by molar-refractivity contribution is 0.0951. The Labute approximate surface area is 100.0 Å². The number of aromatic nitrogens is 1. The Bertz CT molecular complexity index is 319. The van der Waals surface area contributed by atoms with Gasteiger partial charge in [0.2, 0.25) is 0 Å². The van der Waals surface area contributed by atoms with Gasteiger partial charge in [0.25, 0.3) is 5.91 Å². The van der Waals surface area contributed by atoms with Crippen LogP contribution < -0.4 is 5.32 Å². The van der Waals surface area contributed by atoms with Crippen molar-refractivity contribution in [2.24, 2.45) is 0 Å². The van der Waals surface area contributed by atoms with E-state index in [2.05, 4.69) is 10.3 Å². The first-order chi connectivity index (χ1) is 7.74. The van der Waals surface area contributed by atoms with Gasteiger partial charge in [-0.3, -0.25) is 9.78 Å². The highest BCUT2D eigenvalue weighted by molar-refractivity contribution is 6.20. The third kappa shape index (κ3) is 4.59. The molecule has 1 rings (SSSR count). The predicted molar refractivity (Wildman–Crippen MR) is 62.7 cm³/mol. The first-order valence-corrected chi connectivity index (χ1v) is 5.49. The molecule has 1 N–H and O–H groups in total. The average molecular weight is 243 g/mol. The van der Waals surface area contributed by atoms with Crippen LogP contribution in [0.2, 0.25) is 0 Å². The number of amides is 1. The van der Waals surface area contributed by atoms with Crippen molar-refractivity contribution in [3.63, 3.8) is 0 Å².